The lowest BCUT2D eigenvalue weighted by Crippen LogP contribution is -2.07. The molecule has 0 amide bonds. The van der Waals surface area contributed by atoms with Gasteiger partial charge in [-0.1, -0.05) is 24.3 Å². The molecule has 0 radical (unpaired) electrons. The minimum atomic E-state index is -0.579. The van der Waals surface area contributed by atoms with Crippen LogP contribution in [0.4, 0.5) is 10.2 Å². The Morgan fingerprint density at radius 2 is 1.85 bits per heavy atom. The third-order valence-electron chi connectivity index (χ3n) is 3.66. The molecule has 0 saturated heterocycles. The molecule has 0 atom stereocenters. The first-order valence-electron chi connectivity index (χ1n) is 7.56. The molecule has 0 aliphatic rings. The molecule has 26 heavy (non-hydrogen) atoms. The summed E-state index contributed by atoms with van der Waals surface area (Å²) in [5.41, 5.74) is 6.65. The van der Waals surface area contributed by atoms with Crippen LogP contribution >= 0.6 is 0 Å². The monoisotopic (exact) mass is 345 g/mol. The van der Waals surface area contributed by atoms with Crippen LogP contribution < -0.4 is 10.5 Å². The van der Waals surface area contributed by atoms with Crippen LogP contribution in [0, 0.1) is 28.5 Å². The standard InChI is InChI=1S/C19H12FN5O/c20-16-6-2-1-5-13(16)17-14(8-21)18(23)25-19(15(17)9-22)26-11-12-4-3-7-24-10-12/h1-7,10H,11H2,(H2,23,25). The van der Waals surface area contributed by atoms with E-state index in [2.05, 4.69) is 9.97 Å². The Morgan fingerprint density at radius 1 is 1.08 bits per heavy atom. The summed E-state index contributed by atoms with van der Waals surface area (Å²) in [6, 6.07) is 13.2. The van der Waals surface area contributed by atoms with Crippen molar-refractivity contribution in [3.8, 4) is 29.1 Å². The molecule has 1 aromatic carbocycles. The number of nitrogen functional groups attached to an aromatic ring is 1. The van der Waals surface area contributed by atoms with Crippen LogP contribution in [0.25, 0.3) is 11.1 Å². The highest BCUT2D eigenvalue weighted by Crippen LogP contribution is 2.36. The third-order valence-corrected chi connectivity index (χ3v) is 3.66. The highest BCUT2D eigenvalue weighted by molar-refractivity contribution is 5.82. The molecule has 3 aromatic rings. The largest absolute Gasteiger partial charge is 0.472 e. The molecule has 3 rings (SSSR count). The van der Waals surface area contributed by atoms with E-state index in [-0.39, 0.29) is 40.6 Å². The fraction of sp³-hybridized carbons (Fsp3) is 0.0526. The van der Waals surface area contributed by atoms with E-state index in [0.29, 0.717) is 0 Å². The van der Waals surface area contributed by atoms with Gasteiger partial charge in [0.25, 0.3) is 0 Å². The summed E-state index contributed by atoms with van der Waals surface area (Å²) in [4.78, 5) is 7.99. The minimum absolute atomic E-state index is 0.0512. The van der Waals surface area contributed by atoms with Crippen LogP contribution in [-0.4, -0.2) is 9.97 Å². The van der Waals surface area contributed by atoms with Gasteiger partial charge in [0.2, 0.25) is 5.88 Å². The number of aromatic nitrogens is 2. The van der Waals surface area contributed by atoms with Crippen molar-refractivity contribution in [1.82, 2.24) is 9.97 Å². The summed E-state index contributed by atoms with van der Waals surface area (Å²) in [6.45, 7) is 0.0948. The van der Waals surface area contributed by atoms with Crippen LogP contribution in [0.15, 0.2) is 48.8 Å². The topological polar surface area (TPSA) is 109 Å². The lowest BCUT2D eigenvalue weighted by Gasteiger charge is -2.14. The second-order valence-electron chi connectivity index (χ2n) is 5.28. The van der Waals surface area contributed by atoms with Gasteiger partial charge in [0.15, 0.2) is 0 Å². The van der Waals surface area contributed by atoms with Crippen molar-refractivity contribution >= 4 is 5.82 Å². The quantitative estimate of drug-likeness (QED) is 0.778. The maximum absolute atomic E-state index is 14.3. The summed E-state index contributed by atoms with van der Waals surface area (Å²) in [5, 5.41) is 19.0. The van der Waals surface area contributed by atoms with Gasteiger partial charge in [0, 0.05) is 29.1 Å². The summed E-state index contributed by atoms with van der Waals surface area (Å²) in [6.07, 6.45) is 3.23. The smallest absolute Gasteiger partial charge is 0.234 e. The highest BCUT2D eigenvalue weighted by Gasteiger charge is 2.23. The molecule has 2 aromatic heterocycles. The van der Waals surface area contributed by atoms with Gasteiger partial charge >= 0.3 is 0 Å². The van der Waals surface area contributed by atoms with Crippen molar-refractivity contribution in [2.75, 3.05) is 5.73 Å². The van der Waals surface area contributed by atoms with E-state index >= 15 is 0 Å². The lowest BCUT2D eigenvalue weighted by atomic mass is 9.96. The number of hydrogen-bond donors (Lipinski definition) is 1. The summed E-state index contributed by atoms with van der Waals surface area (Å²) < 4.78 is 19.9. The maximum atomic E-state index is 14.3. The van der Waals surface area contributed by atoms with E-state index < -0.39 is 5.82 Å². The van der Waals surface area contributed by atoms with Crippen LogP contribution in [0.2, 0.25) is 0 Å². The molecule has 6 nitrogen and oxygen atoms in total. The minimum Gasteiger partial charge on any atom is -0.472 e. The summed E-state index contributed by atoms with van der Waals surface area (Å²) in [7, 11) is 0. The van der Waals surface area contributed by atoms with E-state index in [9.17, 15) is 14.9 Å². The Kier molecular flexibility index (Phi) is 4.73. The first-order valence-corrected chi connectivity index (χ1v) is 7.56. The normalized spacial score (nSPS) is 9.96. The number of anilines is 1. The Morgan fingerprint density at radius 3 is 2.50 bits per heavy atom. The molecule has 0 fully saturated rings. The van der Waals surface area contributed by atoms with Crippen LogP contribution in [0.5, 0.6) is 5.88 Å². The zero-order valence-corrected chi connectivity index (χ0v) is 13.5. The first-order chi connectivity index (χ1) is 12.7. The number of rotatable bonds is 4. The van der Waals surface area contributed by atoms with E-state index in [1.54, 1.807) is 30.6 Å². The summed E-state index contributed by atoms with van der Waals surface area (Å²) in [5.74, 6) is -0.777. The predicted molar refractivity (Wildman–Crippen MR) is 92.0 cm³/mol. The number of pyridine rings is 2. The molecule has 0 spiro atoms. The lowest BCUT2D eigenvalue weighted by molar-refractivity contribution is 0.293. The van der Waals surface area contributed by atoms with Gasteiger partial charge in [-0.05, 0) is 12.1 Å². The fourth-order valence-electron chi connectivity index (χ4n) is 2.47. The van der Waals surface area contributed by atoms with Crippen LogP contribution in [0.3, 0.4) is 0 Å². The molecule has 2 N–H and O–H groups in total. The second-order valence-corrected chi connectivity index (χ2v) is 5.28. The van der Waals surface area contributed by atoms with Gasteiger partial charge in [0.1, 0.15) is 41.5 Å². The summed E-state index contributed by atoms with van der Waals surface area (Å²) >= 11 is 0. The van der Waals surface area contributed by atoms with Crippen LogP contribution in [0.1, 0.15) is 16.7 Å². The molecule has 126 valence electrons. The maximum Gasteiger partial charge on any atom is 0.234 e. The molecule has 0 unspecified atom stereocenters. The van der Waals surface area contributed by atoms with Crippen molar-refractivity contribution in [1.29, 1.82) is 10.5 Å². The van der Waals surface area contributed by atoms with Crippen molar-refractivity contribution < 1.29 is 9.13 Å². The van der Waals surface area contributed by atoms with Crippen LogP contribution in [-0.2, 0) is 6.61 Å². The van der Waals surface area contributed by atoms with Crippen molar-refractivity contribution in [2.24, 2.45) is 0 Å². The number of nitriles is 2. The SMILES string of the molecule is N#Cc1c(N)nc(OCc2cccnc2)c(C#N)c1-c1ccccc1F. The Bertz CT molecular complexity index is 1040. The predicted octanol–water partition coefficient (Wildman–Crippen LogP) is 3.19. The van der Waals surface area contributed by atoms with Gasteiger partial charge in [-0.15, -0.1) is 0 Å². The van der Waals surface area contributed by atoms with E-state index in [1.807, 2.05) is 12.1 Å². The molecule has 0 aliphatic heterocycles. The van der Waals surface area contributed by atoms with Gasteiger partial charge in [-0.2, -0.15) is 15.5 Å². The van der Waals surface area contributed by atoms with E-state index in [1.165, 1.54) is 18.2 Å². The Labute approximate surface area is 148 Å². The average Bonchev–Trinajstić information content (AvgIpc) is 2.67. The number of nitrogens with two attached hydrogens (primary N) is 1. The zero-order chi connectivity index (χ0) is 18.5. The molecule has 7 heteroatoms. The molecule has 0 aliphatic carbocycles. The molecular formula is C19H12FN5O. The number of hydrogen-bond acceptors (Lipinski definition) is 6. The van der Waals surface area contributed by atoms with Crippen molar-refractivity contribution in [2.45, 2.75) is 6.61 Å². The number of halogens is 1. The Hall–Kier alpha value is -3.97. The highest BCUT2D eigenvalue weighted by atomic mass is 19.1. The molecule has 0 saturated carbocycles. The second kappa shape index (κ2) is 7.29. The number of nitrogens with zero attached hydrogens (tertiary/aromatic N) is 4. The zero-order valence-electron chi connectivity index (χ0n) is 13.5. The Balaban J connectivity index is 2.14. The third kappa shape index (κ3) is 3.14. The molecular weight excluding hydrogens is 333 g/mol. The van der Waals surface area contributed by atoms with Crippen molar-refractivity contribution in [3.63, 3.8) is 0 Å². The molecule has 0 bridgehead atoms. The number of benzene rings is 1. The first kappa shape index (κ1) is 16.9. The van der Waals surface area contributed by atoms with E-state index in [4.69, 9.17) is 10.5 Å². The van der Waals surface area contributed by atoms with Crippen molar-refractivity contribution in [3.05, 3.63) is 71.3 Å². The van der Waals surface area contributed by atoms with Gasteiger partial charge in [-0.25, -0.2) is 4.39 Å². The van der Waals surface area contributed by atoms with Gasteiger partial charge < -0.3 is 10.5 Å². The van der Waals surface area contributed by atoms with Gasteiger partial charge in [-0.3, -0.25) is 4.98 Å². The molecule has 2 heterocycles. The van der Waals surface area contributed by atoms with E-state index in [0.717, 1.165) is 5.56 Å². The van der Waals surface area contributed by atoms with Gasteiger partial charge in [0.05, 0.1) is 0 Å². The number of ether oxygens (including phenoxy) is 1. The fourth-order valence-corrected chi connectivity index (χ4v) is 2.47. The average molecular weight is 345 g/mol.